The average molecular weight is 306 g/mol. The number of carbonyl (C=O) groups excluding carboxylic acids is 1. The Morgan fingerprint density at radius 1 is 1.18 bits per heavy atom. The van der Waals surface area contributed by atoms with E-state index in [1.165, 1.54) is 13.3 Å². The van der Waals surface area contributed by atoms with Gasteiger partial charge in [-0.25, -0.2) is 10.2 Å². The molecule has 0 saturated carbocycles. The molecule has 0 heterocycles. The summed E-state index contributed by atoms with van der Waals surface area (Å²) in [5.41, 5.74) is 4.46. The molecule has 122 valence electrons. The average Bonchev–Trinajstić information content (AvgIpc) is 2.37. The number of hydrogen-bond acceptors (Lipinski definition) is 4. The lowest BCUT2D eigenvalue weighted by atomic mass is 9.79. The number of benzene rings is 1. The van der Waals surface area contributed by atoms with Crippen LogP contribution >= 0.6 is 0 Å². The van der Waals surface area contributed by atoms with Crippen LogP contribution in [0.2, 0.25) is 0 Å². The minimum atomic E-state index is -0.654. The molecule has 1 amide bonds. The normalized spacial score (nSPS) is 12.5. The minimum absolute atomic E-state index is 0.0634. The van der Waals surface area contributed by atoms with Gasteiger partial charge in [0.05, 0.1) is 13.3 Å². The van der Waals surface area contributed by atoms with E-state index in [2.05, 4.69) is 36.0 Å². The predicted molar refractivity (Wildman–Crippen MR) is 88.6 cm³/mol. The largest absolute Gasteiger partial charge is 0.507 e. The molecule has 2 N–H and O–H groups in total. The summed E-state index contributed by atoms with van der Waals surface area (Å²) in [7, 11) is 1.26. The van der Waals surface area contributed by atoms with Gasteiger partial charge < -0.3 is 9.84 Å². The number of nitrogens with one attached hydrogen (secondary N) is 1. The number of carbonyl (C=O) groups is 1. The van der Waals surface area contributed by atoms with Crippen LogP contribution in [-0.2, 0) is 15.6 Å². The monoisotopic (exact) mass is 306 g/mol. The van der Waals surface area contributed by atoms with Gasteiger partial charge in [0.15, 0.2) is 0 Å². The highest BCUT2D eigenvalue weighted by atomic mass is 16.5. The van der Waals surface area contributed by atoms with Gasteiger partial charge in [-0.05, 0) is 22.5 Å². The molecule has 0 radical (unpaired) electrons. The number of amides is 1. The van der Waals surface area contributed by atoms with Crippen molar-refractivity contribution in [1.29, 1.82) is 0 Å². The standard InChI is InChI=1S/C17H26N2O3/c1-16(2,3)12-8-11(10-18-19-15(21)22-7)14(20)13(9-12)17(4,5)6/h8-10,20H,1-7H3,(H,19,21)/b18-10+. The van der Waals surface area contributed by atoms with Gasteiger partial charge in [0.2, 0.25) is 0 Å². The third kappa shape index (κ3) is 4.48. The molecule has 0 spiro atoms. The minimum Gasteiger partial charge on any atom is -0.507 e. The maximum atomic E-state index is 11.0. The molecule has 5 heteroatoms. The highest BCUT2D eigenvalue weighted by Crippen LogP contribution is 2.36. The number of aromatic hydroxyl groups is 1. The zero-order valence-electron chi connectivity index (χ0n) is 14.4. The third-order valence-corrected chi connectivity index (χ3v) is 3.36. The Morgan fingerprint density at radius 2 is 1.77 bits per heavy atom. The van der Waals surface area contributed by atoms with Gasteiger partial charge in [-0.1, -0.05) is 47.6 Å². The SMILES string of the molecule is COC(=O)N/N=C/c1cc(C(C)(C)C)cc(C(C)(C)C)c1O. The summed E-state index contributed by atoms with van der Waals surface area (Å²) in [5.74, 6) is 0.177. The molecule has 0 bridgehead atoms. The second-order valence-corrected chi connectivity index (χ2v) is 7.32. The van der Waals surface area contributed by atoms with Gasteiger partial charge in [-0.15, -0.1) is 0 Å². The Hall–Kier alpha value is -2.04. The van der Waals surface area contributed by atoms with Crippen molar-refractivity contribution in [3.63, 3.8) is 0 Å². The van der Waals surface area contributed by atoms with E-state index in [4.69, 9.17) is 0 Å². The van der Waals surface area contributed by atoms with Crippen molar-refractivity contribution in [3.8, 4) is 5.75 Å². The molecule has 5 nitrogen and oxygen atoms in total. The molecule has 1 aromatic carbocycles. The molecular formula is C17H26N2O3. The number of rotatable bonds is 2. The van der Waals surface area contributed by atoms with Crippen LogP contribution < -0.4 is 5.43 Å². The van der Waals surface area contributed by atoms with E-state index in [1.807, 2.05) is 32.9 Å². The van der Waals surface area contributed by atoms with Gasteiger partial charge >= 0.3 is 6.09 Å². The van der Waals surface area contributed by atoms with Crippen LogP contribution in [-0.4, -0.2) is 24.5 Å². The molecule has 0 aliphatic heterocycles. The lowest BCUT2D eigenvalue weighted by Crippen LogP contribution is -2.18. The van der Waals surface area contributed by atoms with Crippen molar-refractivity contribution < 1.29 is 14.6 Å². The Kier molecular flexibility index (Phi) is 5.22. The molecule has 22 heavy (non-hydrogen) atoms. The highest BCUT2D eigenvalue weighted by Gasteiger charge is 2.24. The lowest BCUT2D eigenvalue weighted by molar-refractivity contribution is 0.171. The molecule has 0 fully saturated rings. The van der Waals surface area contributed by atoms with Gasteiger partial charge in [-0.2, -0.15) is 5.10 Å². The van der Waals surface area contributed by atoms with Crippen LogP contribution in [0.15, 0.2) is 17.2 Å². The van der Waals surface area contributed by atoms with Crippen molar-refractivity contribution in [2.24, 2.45) is 5.10 Å². The Labute approximate surface area is 132 Å². The predicted octanol–water partition coefficient (Wildman–Crippen LogP) is 3.68. The first-order valence-electron chi connectivity index (χ1n) is 7.22. The fourth-order valence-corrected chi connectivity index (χ4v) is 1.96. The quantitative estimate of drug-likeness (QED) is 0.647. The molecule has 0 atom stereocenters. The van der Waals surface area contributed by atoms with Crippen molar-refractivity contribution in [3.05, 3.63) is 28.8 Å². The number of phenolic OH excluding ortho intramolecular Hbond substituents is 1. The highest BCUT2D eigenvalue weighted by molar-refractivity contribution is 5.85. The van der Waals surface area contributed by atoms with E-state index in [0.717, 1.165) is 11.1 Å². The third-order valence-electron chi connectivity index (χ3n) is 3.36. The molecule has 0 saturated heterocycles. The van der Waals surface area contributed by atoms with Gasteiger partial charge in [0.25, 0.3) is 0 Å². The second kappa shape index (κ2) is 6.38. The van der Waals surface area contributed by atoms with Crippen LogP contribution in [0, 0.1) is 0 Å². The van der Waals surface area contributed by atoms with Gasteiger partial charge in [0.1, 0.15) is 5.75 Å². The van der Waals surface area contributed by atoms with Crippen molar-refractivity contribution in [2.75, 3.05) is 7.11 Å². The summed E-state index contributed by atoms with van der Waals surface area (Å²) in [6.07, 6.45) is 0.773. The number of ether oxygens (including phenoxy) is 1. The van der Waals surface area contributed by atoms with Gasteiger partial charge in [0, 0.05) is 11.1 Å². The molecule has 1 rings (SSSR count). The Balaban J connectivity index is 3.34. The summed E-state index contributed by atoms with van der Waals surface area (Å²) in [6.45, 7) is 12.5. The summed E-state index contributed by atoms with van der Waals surface area (Å²) in [4.78, 5) is 11.0. The van der Waals surface area contributed by atoms with Crippen LogP contribution in [0.4, 0.5) is 4.79 Å². The second-order valence-electron chi connectivity index (χ2n) is 7.32. The van der Waals surface area contributed by atoms with E-state index < -0.39 is 6.09 Å². The van der Waals surface area contributed by atoms with E-state index >= 15 is 0 Å². The first-order valence-corrected chi connectivity index (χ1v) is 7.22. The molecule has 0 unspecified atom stereocenters. The lowest BCUT2D eigenvalue weighted by Gasteiger charge is -2.26. The summed E-state index contributed by atoms with van der Waals surface area (Å²) in [6, 6.07) is 3.91. The fourth-order valence-electron chi connectivity index (χ4n) is 1.96. The molecule has 0 aliphatic rings. The number of hydrogen-bond donors (Lipinski definition) is 2. The summed E-state index contributed by atoms with van der Waals surface area (Å²) >= 11 is 0. The van der Waals surface area contributed by atoms with Gasteiger partial charge in [-0.3, -0.25) is 0 Å². The van der Waals surface area contributed by atoms with Crippen molar-refractivity contribution in [2.45, 2.75) is 52.4 Å². The zero-order chi connectivity index (χ0) is 17.1. The number of nitrogens with zero attached hydrogens (tertiary/aromatic N) is 1. The van der Waals surface area contributed by atoms with Crippen LogP contribution in [0.25, 0.3) is 0 Å². The molecule has 0 aromatic heterocycles. The van der Waals surface area contributed by atoms with E-state index in [-0.39, 0.29) is 16.6 Å². The first kappa shape index (κ1) is 18.0. The van der Waals surface area contributed by atoms with Crippen molar-refractivity contribution in [1.82, 2.24) is 5.43 Å². The van der Waals surface area contributed by atoms with Crippen LogP contribution in [0.3, 0.4) is 0 Å². The summed E-state index contributed by atoms with van der Waals surface area (Å²) in [5, 5.41) is 14.3. The van der Waals surface area contributed by atoms with Crippen LogP contribution in [0.1, 0.15) is 58.2 Å². The first-order chi connectivity index (χ1) is 9.96. The van der Waals surface area contributed by atoms with E-state index in [0.29, 0.717) is 5.56 Å². The number of hydrazone groups is 1. The Bertz CT molecular complexity index is 579. The number of methoxy groups -OCH3 is 1. The Morgan fingerprint density at radius 3 is 2.23 bits per heavy atom. The fraction of sp³-hybridized carbons (Fsp3) is 0.529. The maximum Gasteiger partial charge on any atom is 0.427 e. The zero-order valence-corrected chi connectivity index (χ0v) is 14.4. The van der Waals surface area contributed by atoms with E-state index in [9.17, 15) is 9.90 Å². The van der Waals surface area contributed by atoms with Crippen LogP contribution in [0.5, 0.6) is 5.75 Å². The van der Waals surface area contributed by atoms with E-state index in [1.54, 1.807) is 0 Å². The number of phenols is 1. The molecule has 1 aromatic rings. The molecular weight excluding hydrogens is 280 g/mol. The van der Waals surface area contributed by atoms with Crippen molar-refractivity contribution >= 4 is 12.3 Å². The smallest absolute Gasteiger partial charge is 0.427 e. The summed E-state index contributed by atoms with van der Waals surface area (Å²) < 4.78 is 4.45. The maximum absolute atomic E-state index is 11.0. The topological polar surface area (TPSA) is 70.9 Å². The molecule has 0 aliphatic carbocycles.